The van der Waals surface area contributed by atoms with Crippen LogP contribution < -0.4 is 5.32 Å². The smallest absolute Gasteiger partial charge is 0.221 e. The van der Waals surface area contributed by atoms with Gasteiger partial charge in [-0.05, 0) is 32.0 Å². The van der Waals surface area contributed by atoms with Crippen LogP contribution in [-0.4, -0.2) is 31.6 Å². The van der Waals surface area contributed by atoms with Gasteiger partial charge in [-0.3, -0.25) is 4.79 Å². The summed E-state index contributed by atoms with van der Waals surface area (Å²) in [5, 5.41) is 2.65. The van der Waals surface area contributed by atoms with Gasteiger partial charge in [-0.1, -0.05) is 0 Å². The Morgan fingerprint density at radius 3 is 3.00 bits per heavy atom. The Morgan fingerprint density at radius 1 is 1.55 bits per heavy atom. The quantitative estimate of drug-likeness (QED) is 0.934. The predicted octanol–water partition coefficient (Wildman–Crippen LogP) is 2.85. The molecule has 5 nitrogen and oxygen atoms in total. The molecule has 120 valence electrons. The fourth-order valence-electron chi connectivity index (χ4n) is 2.42. The number of aliphatic imine (C=N–C) groups is 1. The number of nitrogens with zero attached hydrogens (tertiary/aromatic N) is 1. The van der Waals surface area contributed by atoms with E-state index in [1.165, 1.54) is 19.1 Å². The zero-order valence-corrected chi connectivity index (χ0v) is 13.1. The molecule has 1 aromatic carbocycles. The van der Waals surface area contributed by atoms with Gasteiger partial charge in [-0.15, -0.1) is 0 Å². The van der Waals surface area contributed by atoms with E-state index in [1.807, 2.05) is 6.92 Å². The highest BCUT2D eigenvalue weighted by atomic mass is 19.1. The van der Waals surface area contributed by atoms with Crippen molar-refractivity contribution in [3.63, 3.8) is 0 Å². The molecule has 2 rings (SSSR count). The summed E-state index contributed by atoms with van der Waals surface area (Å²) in [7, 11) is 0. The van der Waals surface area contributed by atoms with Gasteiger partial charge in [0.2, 0.25) is 5.91 Å². The minimum absolute atomic E-state index is 0.210. The molecule has 1 aliphatic heterocycles. The van der Waals surface area contributed by atoms with Crippen LogP contribution >= 0.6 is 0 Å². The summed E-state index contributed by atoms with van der Waals surface area (Å²) in [5.74, 6) is -0.0353. The minimum atomic E-state index is -0.889. The van der Waals surface area contributed by atoms with E-state index in [9.17, 15) is 9.18 Å². The third-order valence-electron chi connectivity index (χ3n) is 3.39. The van der Waals surface area contributed by atoms with Crippen LogP contribution in [0, 0.1) is 5.82 Å². The number of carbonyl (C=O) groups excluding carboxylic acids is 1. The molecule has 1 atom stereocenters. The Morgan fingerprint density at radius 2 is 2.32 bits per heavy atom. The van der Waals surface area contributed by atoms with Gasteiger partial charge in [0.25, 0.3) is 0 Å². The van der Waals surface area contributed by atoms with Gasteiger partial charge >= 0.3 is 0 Å². The highest BCUT2D eigenvalue weighted by Gasteiger charge is 2.32. The third kappa shape index (κ3) is 3.82. The first-order chi connectivity index (χ1) is 10.4. The van der Waals surface area contributed by atoms with Crippen LogP contribution in [0.3, 0.4) is 0 Å². The summed E-state index contributed by atoms with van der Waals surface area (Å²) < 4.78 is 25.4. The number of benzene rings is 1. The van der Waals surface area contributed by atoms with Gasteiger partial charge in [-0.2, -0.15) is 0 Å². The highest BCUT2D eigenvalue weighted by molar-refractivity contribution is 5.88. The van der Waals surface area contributed by atoms with Crippen molar-refractivity contribution >= 4 is 17.5 Å². The Kier molecular flexibility index (Phi) is 5.13. The number of halogens is 1. The maximum Gasteiger partial charge on any atom is 0.221 e. The maximum absolute atomic E-state index is 14.3. The van der Waals surface area contributed by atoms with Crippen molar-refractivity contribution in [2.24, 2.45) is 4.99 Å². The summed E-state index contributed by atoms with van der Waals surface area (Å²) in [6, 6.07) is 4.44. The van der Waals surface area contributed by atoms with E-state index in [4.69, 9.17) is 9.47 Å². The Balaban J connectivity index is 2.42. The highest BCUT2D eigenvalue weighted by Crippen LogP contribution is 2.32. The monoisotopic (exact) mass is 308 g/mol. The Bertz CT molecular complexity index is 589. The zero-order valence-electron chi connectivity index (χ0n) is 13.1. The molecule has 1 aliphatic rings. The van der Waals surface area contributed by atoms with Crippen LogP contribution in [0.15, 0.2) is 23.2 Å². The predicted molar refractivity (Wildman–Crippen MR) is 82.6 cm³/mol. The minimum Gasteiger partial charge on any atom is -0.481 e. The molecule has 1 amide bonds. The number of hydrogen-bond acceptors (Lipinski definition) is 4. The largest absolute Gasteiger partial charge is 0.481 e. The molecule has 0 saturated carbocycles. The first-order valence-electron chi connectivity index (χ1n) is 7.31. The SMILES string of the molecule is CCOC1=NC(C)(c2cc(NC(C)=O)ccc2F)COCC1. The summed E-state index contributed by atoms with van der Waals surface area (Å²) in [6.07, 6.45) is 0.566. The van der Waals surface area contributed by atoms with E-state index < -0.39 is 5.54 Å². The average Bonchev–Trinajstić information content (AvgIpc) is 2.63. The van der Waals surface area contributed by atoms with E-state index in [1.54, 1.807) is 13.0 Å². The molecule has 0 saturated heterocycles. The molecule has 1 N–H and O–H groups in total. The van der Waals surface area contributed by atoms with Crippen molar-refractivity contribution in [2.45, 2.75) is 32.7 Å². The third-order valence-corrected chi connectivity index (χ3v) is 3.39. The Hall–Kier alpha value is -1.95. The summed E-state index contributed by atoms with van der Waals surface area (Å²) in [5.41, 5.74) is 0.0138. The fraction of sp³-hybridized carbons (Fsp3) is 0.500. The molecular formula is C16H21FN2O3. The van der Waals surface area contributed by atoms with Crippen LogP contribution in [0.1, 0.15) is 32.8 Å². The summed E-state index contributed by atoms with van der Waals surface area (Å²) in [6.45, 7) is 6.33. The lowest BCUT2D eigenvalue weighted by molar-refractivity contribution is -0.114. The summed E-state index contributed by atoms with van der Waals surface area (Å²) in [4.78, 5) is 15.7. The van der Waals surface area contributed by atoms with Gasteiger partial charge in [0.1, 0.15) is 11.4 Å². The van der Waals surface area contributed by atoms with Gasteiger partial charge in [0, 0.05) is 24.6 Å². The van der Waals surface area contributed by atoms with E-state index >= 15 is 0 Å². The first kappa shape index (κ1) is 16.4. The number of anilines is 1. The molecule has 1 heterocycles. The van der Waals surface area contributed by atoms with E-state index in [0.29, 0.717) is 36.8 Å². The second kappa shape index (κ2) is 6.87. The summed E-state index contributed by atoms with van der Waals surface area (Å²) >= 11 is 0. The van der Waals surface area contributed by atoms with E-state index in [0.717, 1.165) is 0 Å². The van der Waals surface area contributed by atoms with Crippen LogP contribution in [0.2, 0.25) is 0 Å². The van der Waals surface area contributed by atoms with Crippen LogP contribution in [-0.2, 0) is 19.8 Å². The molecule has 0 fully saturated rings. The average molecular weight is 308 g/mol. The second-order valence-corrected chi connectivity index (χ2v) is 5.39. The van der Waals surface area contributed by atoms with Crippen molar-refractivity contribution < 1.29 is 18.7 Å². The Labute approximate surface area is 129 Å². The molecule has 0 aromatic heterocycles. The number of carbonyl (C=O) groups is 1. The second-order valence-electron chi connectivity index (χ2n) is 5.39. The van der Waals surface area contributed by atoms with Crippen molar-refractivity contribution in [1.82, 2.24) is 0 Å². The fourth-order valence-corrected chi connectivity index (χ4v) is 2.42. The molecular weight excluding hydrogens is 287 g/mol. The molecule has 1 aromatic rings. The molecule has 22 heavy (non-hydrogen) atoms. The molecule has 0 aliphatic carbocycles. The molecule has 6 heteroatoms. The molecule has 0 radical (unpaired) electrons. The normalized spacial score (nSPS) is 21.7. The number of hydrogen-bond donors (Lipinski definition) is 1. The number of ether oxygens (including phenoxy) is 2. The van der Waals surface area contributed by atoms with Gasteiger partial charge in [0.15, 0.2) is 5.90 Å². The van der Waals surface area contributed by atoms with E-state index in [2.05, 4.69) is 10.3 Å². The topological polar surface area (TPSA) is 59.9 Å². The van der Waals surface area contributed by atoms with Crippen molar-refractivity contribution in [3.05, 3.63) is 29.6 Å². The molecule has 0 bridgehead atoms. The maximum atomic E-state index is 14.3. The van der Waals surface area contributed by atoms with Gasteiger partial charge in [-0.25, -0.2) is 9.38 Å². The van der Waals surface area contributed by atoms with Crippen LogP contribution in [0.5, 0.6) is 0 Å². The lowest BCUT2D eigenvalue weighted by Gasteiger charge is -2.25. The number of nitrogens with one attached hydrogen (secondary N) is 1. The molecule has 1 unspecified atom stereocenters. The lowest BCUT2D eigenvalue weighted by atomic mass is 9.92. The van der Waals surface area contributed by atoms with Crippen LogP contribution in [0.4, 0.5) is 10.1 Å². The lowest BCUT2D eigenvalue weighted by Crippen LogP contribution is -2.27. The van der Waals surface area contributed by atoms with Gasteiger partial charge in [0.05, 0.1) is 19.8 Å². The van der Waals surface area contributed by atoms with Crippen molar-refractivity contribution in [2.75, 3.05) is 25.1 Å². The van der Waals surface area contributed by atoms with E-state index in [-0.39, 0.29) is 18.3 Å². The number of rotatable bonds is 3. The standard InChI is InChI=1S/C16H21FN2O3/c1-4-22-15-7-8-21-10-16(3,19-15)13-9-12(18-11(2)20)5-6-14(13)17/h5-6,9H,4,7-8,10H2,1-3H3,(H,18,20). The van der Waals surface area contributed by atoms with Gasteiger partial charge < -0.3 is 14.8 Å². The van der Waals surface area contributed by atoms with Crippen molar-refractivity contribution in [3.8, 4) is 0 Å². The number of amides is 1. The zero-order chi connectivity index (χ0) is 16.2. The molecule has 0 spiro atoms. The van der Waals surface area contributed by atoms with Crippen molar-refractivity contribution in [1.29, 1.82) is 0 Å². The van der Waals surface area contributed by atoms with Crippen LogP contribution in [0.25, 0.3) is 0 Å². The first-order valence-corrected chi connectivity index (χ1v) is 7.31.